The summed E-state index contributed by atoms with van der Waals surface area (Å²) in [4.78, 5) is 2.06. The minimum absolute atomic E-state index is 0.00558. The molecule has 6 heteroatoms. The third kappa shape index (κ3) is 3.29. The average Bonchev–Trinajstić information content (AvgIpc) is 3.19. The number of rotatable bonds is 3. The first-order valence-corrected chi connectivity index (χ1v) is 10.2. The summed E-state index contributed by atoms with van der Waals surface area (Å²) in [6, 6.07) is 20.5. The van der Waals surface area contributed by atoms with Crippen molar-refractivity contribution in [2.75, 3.05) is 19.0 Å². The quantitative estimate of drug-likeness (QED) is 0.536. The summed E-state index contributed by atoms with van der Waals surface area (Å²) in [5, 5.41) is 7.57. The van der Waals surface area contributed by atoms with Gasteiger partial charge in [-0.1, -0.05) is 35.9 Å². The maximum absolute atomic E-state index is 13.4. The lowest BCUT2D eigenvalue weighted by Gasteiger charge is -2.38. The van der Waals surface area contributed by atoms with Crippen LogP contribution in [0.5, 0.6) is 5.75 Å². The van der Waals surface area contributed by atoms with Gasteiger partial charge in [-0.3, -0.25) is 0 Å². The van der Waals surface area contributed by atoms with Crippen LogP contribution in [-0.4, -0.2) is 24.8 Å². The van der Waals surface area contributed by atoms with E-state index in [4.69, 9.17) is 21.4 Å². The molecule has 0 amide bonds. The molecule has 0 saturated heterocycles. The third-order valence-corrected chi connectivity index (χ3v) is 5.86. The number of hydrogen-bond acceptors (Lipinski definition) is 4. The second kappa shape index (κ2) is 7.33. The minimum Gasteiger partial charge on any atom is -0.464 e. The molecular formula is C24H21ClFN3O. The maximum Gasteiger partial charge on any atom is 0.213 e. The van der Waals surface area contributed by atoms with Gasteiger partial charge in [-0.2, -0.15) is 5.10 Å². The highest BCUT2D eigenvalue weighted by atomic mass is 35.5. The molecule has 3 aromatic carbocycles. The summed E-state index contributed by atoms with van der Waals surface area (Å²) >= 11 is 6.28. The molecule has 0 bridgehead atoms. The van der Waals surface area contributed by atoms with Crippen molar-refractivity contribution < 1.29 is 9.13 Å². The van der Waals surface area contributed by atoms with Crippen molar-refractivity contribution in [3.8, 4) is 5.75 Å². The molecule has 4 nitrogen and oxygen atoms in total. The van der Waals surface area contributed by atoms with Crippen LogP contribution >= 0.6 is 11.6 Å². The summed E-state index contributed by atoms with van der Waals surface area (Å²) in [7, 11) is 4.03. The highest BCUT2D eigenvalue weighted by molar-refractivity contribution is 6.30. The fraction of sp³-hybridized carbons (Fsp3) is 0.208. The van der Waals surface area contributed by atoms with Gasteiger partial charge in [-0.05, 0) is 48.0 Å². The van der Waals surface area contributed by atoms with Gasteiger partial charge in [0.1, 0.15) is 11.6 Å². The van der Waals surface area contributed by atoms with Gasteiger partial charge in [0, 0.05) is 42.4 Å². The smallest absolute Gasteiger partial charge is 0.213 e. The Balaban J connectivity index is 1.57. The first-order chi connectivity index (χ1) is 14.5. The Hall–Kier alpha value is -3.05. The number of fused-ring (bicyclic) bond motifs is 3. The number of halogens is 2. The van der Waals surface area contributed by atoms with E-state index >= 15 is 0 Å². The second-order valence-electron chi connectivity index (χ2n) is 7.79. The van der Waals surface area contributed by atoms with Crippen LogP contribution in [0.25, 0.3) is 0 Å². The van der Waals surface area contributed by atoms with E-state index in [9.17, 15) is 4.39 Å². The predicted molar refractivity (Wildman–Crippen MR) is 118 cm³/mol. The first-order valence-electron chi connectivity index (χ1n) is 9.85. The van der Waals surface area contributed by atoms with E-state index in [1.165, 1.54) is 12.1 Å². The largest absolute Gasteiger partial charge is 0.464 e. The highest BCUT2D eigenvalue weighted by Crippen LogP contribution is 2.48. The number of hydrogen-bond donors (Lipinski definition) is 0. The lowest BCUT2D eigenvalue weighted by Crippen LogP contribution is -2.33. The SMILES string of the molecule is CN(C)c1ccc([C@H]2Oc3ccc(Cl)cc3[C@@H]3CC(c4ccc(F)cc4)=NN23)cc1. The molecule has 0 aliphatic carbocycles. The number of nitrogens with zero attached hydrogens (tertiary/aromatic N) is 3. The molecule has 0 saturated carbocycles. The van der Waals surface area contributed by atoms with Crippen LogP contribution in [0, 0.1) is 5.82 Å². The summed E-state index contributed by atoms with van der Waals surface area (Å²) in [5.41, 5.74) is 4.98. The van der Waals surface area contributed by atoms with Crippen LogP contribution in [0.3, 0.4) is 0 Å². The van der Waals surface area contributed by atoms with E-state index in [1.54, 1.807) is 12.1 Å². The van der Waals surface area contributed by atoms with Crippen LogP contribution in [0.1, 0.15) is 35.4 Å². The van der Waals surface area contributed by atoms with Gasteiger partial charge in [0.15, 0.2) is 0 Å². The average molecular weight is 422 g/mol. The standard InChI is InChI=1S/C24H21ClFN3O/c1-28(2)19-10-5-16(6-11-19)24-29-22(20-13-17(25)7-12-23(20)30-24)14-21(27-29)15-3-8-18(26)9-4-15/h3-13,22,24H,14H2,1-2H3/t22-,24+/m0/s1. The number of hydrazone groups is 1. The fourth-order valence-electron chi connectivity index (χ4n) is 4.03. The lowest BCUT2D eigenvalue weighted by atomic mass is 9.96. The van der Waals surface area contributed by atoms with Gasteiger partial charge in [-0.15, -0.1) is 0 Å². The molecule has 0 aromatic heterocycles. The monoisotopic (exact) mass is 421 g/mol. The molecule has 30 heavy (non-hydrogen) atoms. The van der Waals surface area contributed by atoms with Gasteiger partial charge in [0.2, 0.25) is 6.23 Å². The Morgan fingerprint density at radius 3 is 2.47 bits per heavy atom. The Morgan fingerprint density at radius 1 is 1.03 bits per heavy atom. The molecular weight excluding hydrogens is 401 g/mol. The van der Waals surface area contributed by atoms with Crippen molar-refractivity contribution >= 4 is 23.0 Å². The Morgan fingerprint density at radius 2 is 1.77 bits per heavy atom. The maximum atomic E-state index is 13.4. The molecule has 0 unspecified atom stereocenters. The van der Waals surface area contributed by atoms with Gasteiger partial charge in [0.25, 0.3) is 0 Å². The lowest BCUT2D eigenvalue weighted by molar-refractivity contribution is -0.0190. The van der Waals surface area contributed by atoms with Crippen LogP contribution < -0.4 is 9.64 Å². The zero-order valence-corrected chi connectivity index (χ0v) is 17.5. The van der Waals surface area contributed by atoms with E-state index in [2.05, 4.69) is 29.2 Å². The van der Waals surface area contributed by atoms with E-state index in [0.29, 0.717) is 11.4 Å². The van der Waals surface area contributed by atoms with E-state index in [-0.39, 0.29) is 18.1 Å². The Bertz CT molecular complexity index is 1110. The van der Waals surface area contributed by atoms with Gasteiger partial charge < -0.3 is 9.64 Å². The molecule has 0 radical (unpaired) electrons. The van der Waals surface area contributed by atoms with Gasteiger partial charge >= 0.3 is 0 Å². The zero-order valence-electron chi connectivity index (χ0n) is 16.7. The third-order valence-electron chi connectivity index (χ3n) is 5.62. The molecule has 3 aromatic rings. The van der Waals surface area contributed by atoms with Crippen LogP contribution in [-0.2, 0) is 0 Å². The number of benzene rings is 3. The van der Waals surface area contributed by atoms with Crippen LogP contribution in [0.4, 0.5) is 10.1 Å². The molecule has 152 valence electrons. The second-order valence-corrected chi connectivity index (χ2v) is 8.23. The normalized spacial score (nSPS) is 19.6. The van der Waals surface area contributed by atoms with Gasteiger partial charge in [0.05, 0.1) is 11.8 Å². The van der Waals surface area contributed by atoms with Crippen molar-refractivity contribution in [1.29, 1.82) is 0 Å². The number of anilines is 1. The summed E-state index contributed by atoms with van der Waals surface area (Å²) < 4.78 is 19.8. The van der Waals surface area contributed by atoms with Crippen molar-refractivity contribution in [3.05, 3.63) is 94.3 Å². The molecule has 2 heterocycles. The Kier molecular flexibility index (Phi) is 4.63. The molecule has 0 N–H and O–H groups in total. The molecule has 5 rings (SSSR count). The highest BCUT2D eigenvalue weighted by Gasteiger charge is 2.41. The molecule has 0 fully saturated rings. The molecule has 2 atom stereocenters. The fourth-order valence-corrected chi connectivity index (χ4v) is 4.21. The van der Waals surface area contributed by atoms with Crippen LogP contribution in [0.2, 0.25) is 5.02 Å². The van der Waals surface area contributed by atoms with Crippen molar-refractivity contribution in [1.82, 2.24) is 5.01 Å². The van der Waals surface area contributed by atoms with E-state index in [1.807, 2.05) is 37.3 Å². The summed E-state index contributed by atoms with van der Waals surface area (Å²) in [5.74, 6) is 0.562. The molecule has 0 spiro atoms. The van der Waals surface area contributed by atoms with Crippen LogP contribution in [0.15, 0.2) is 71.8 Å². The molecule has 2 aliphatic heterocycles. The van der Waals surface area contributed by atoms with Crippen molar-refractivity contribution in [2.24, 2.45) is 5.10 Å². The molecule has 2 aliphatic rings. The van der Waals surface area contributed by atoms with E-state index in [0.717, 1.165) is 33.8 Å². The minimum atomic E-state index is -0.349. The van der Waals surface area contributed by atoms with E-state index < -0.39 is 0 Å². The zero-order chi connectivity index (χ0) is 20.8. The number of ether oxygens (including phenoxy) is 1. The predicted octanol–water partition coefficient (Wildman–Crippen LogP) is 5.79. The Labute approximate surface area is 180 Å². The van der Waals surface area contributed by atoms with Crippen molar-refractivity contribution in [3.63, 3.8) is 0 Å². The van der Waals surface area contributed by atoms with Gasteiger partial charge in [-0.25, -0.2) is 9.40 Å². The first kappa shape index (κ1) is 18.9. The van der Waals surface area contributed by atoms with Crippen molar-refractivity contribution in [2.45, 2.75) is 18.7 Å². The topological polar surface area (TPSA) is 28.1 Å². The summed E-state index contributed by atoms with van der Waals surface area (Å²) in [6.07, 6.45) is 0.354. The summed E-state index contributed by atoms with van der Waals surface area (Å²) in [6.45, 7) is 0.